The molecule has 1 fully saturated rings. The largest absolute Gasteiger partial charge is 0.484 e. The third-order valence-electron chi connectivity index (χ3n) is 6.26. The first kappa shape index (κ1) is 25.4. The van der Waals surface area contributed by atoms with Gasteiger partial charge in [0, 0.05) is 31.6 Å². The highest BCUT2D eigenvalue weighted by Gasteiger charge is 2.26. The highest BCUT2D eigenvalue weighted by atomic mass is 16.5. The summed E-state index contributed by atoms with van der Waals surface area (Å²) in [5.74, 6) is 1.64. The second-order valence-electron chi connectivity index (χ2n) is 9.15. The minimum atomic E-state index is -0.520. The van der Waals surface area contributed by atoms with Crippen LogP contribution in [0.3, 0.4) is 0 Å². The molecule has 1 amide bonds. The van der Waals surface area contributed by atoms with Crippen LogP contribution in [0, 0.1) is 5.92 Å². The Morgan fingerprint density at radius 2 is 1.67 bits per heavy atom. The lowest BCUT2D eigenvalue weighted by atomic mass is 10.0. The van der Waals surface area contributed by atoms with Crippen LogP contribution in [0.15, 0.2) is 54.6 Å². The number of aromatic nitrogens is 2. The number of amides is 1. The number of rotatable bonds is 9. The summed E-state index contributed by atoms with van der Waals surface area (Å²) in [5.41, 5.74) is 0.809. The van der Waals surface area contributed by atoms with Gasteiger partial charge in [0.15, 0.2) is 6.61 Å². The van der Waals surface area contributed by atoms with Crippen molar-refractivity contribution in [3.05, 3.63) is 60.4 Å². The minimum Gasteiger partial charge on any atom is -0.484 e. The van der Waals surface area contributed by atoms with Gasteiger partial charge in [-0.05, 0) is 30.2 Å². The first-order chi connectivity index (χ1) is 17.4. The van der Waals surface area contributed by atoms with Gasteiger partial charge in [-0.25, -0.2) is 14.8 Å². The van der Waals surface area contributed by atoms with Crippen molar-refractivity contribution in [3.63, 3.8) is 0 Å². The first-order valence-corrected chi connectivity index (χ1v) is 12.2. The van der Waals surface area contributed by atoms with Crippen molar-refractivity contribution in [2.24, 2.45) is 5.92 Å². The second kappa shape index (κ2) is 11.8. The fourth-order valence-electron chi connectivity index (χ4n) is 4.19. The van der Waals surface area contributed by atoms with Gasteiger partial charge in [-0.1, -0.05) is 44.2 Å². The van der Waals surface area contributed by atoms with Crippen molar-refractivity contribution in [3.8, 4) is 5.75 Å². The summed E-state index contributed by atoms with van der Waals surface area (Å²) in [6.07, 6.45) is 0. The van der Waals surface area contributed by atoms with E-state index in [-0.39, 0.29) is 24.4 Å². The summed E-state index contributed by atoms with van der Waals surface area (Å²) < 4.78 is 10.6. The van der Waals surface area contributed by atoms with Gasteiger partial charge < -0.3 is 19.7 Å². The summed E-state index contributed by atoms with van der Waals surface area (Å²) in [5, 5.41) is 4.14. The molecule has 0 spiro atoms. The number of esters is 1. The molecule has 2 heterocycles. The van der Waals surface area contributed by atoms with E-state index in [9.17, 15) is 9.59 Å². The van der Waals surface area contributed by atoms with Crippen LogP contribution in [0.5, 0.6) is 5.75 Å². The summed E-state index contributed by atoms with van der Waals surface area (Å²) >= 11 is 0. The average molecular weight is 492 g/mol. The van der Waals surface area contributed by atoms with Crippen LogP contribution in [0.2, 0.25) is 0 Å². The van der Waals surface area contributed by atoms with Crippen LogP contribution in [-0.4, -0.2) is 77.6 Å². The molecule has 0 radical (unpaired) electrons. The highest BCUT2D eigenvalue weighted by Crippen LogP contribution is 2.23. The van der Waals surface area contributed by atoms with Gasteiger partial charge in [0.1, 0.15) is 23.4 Å². The molecule has 1 aliphatic heterocycles. The Morgan fingerprint density at radius 1 is 0.972 bits per heavy atom. The molecule has 1 saturated heterocycles. The van der Waals surface area contributed by atoms with Crippen LogP contribution in [0.25, 0.3) is 10.9 Å². The maximum Gasteiger partial charge on any atom is 0.328 e. The molecule has 0 aliphatic carbocycles. The topological polar surface area (TPSA) is 96.9 Å². The van der Waals surface area contributed by atoms with E-state index in [0.29, 0.717) is 50.1 Å². The predicted octanol–water partition coefficient (Wildman–Crippen LogP) is 2.96. The number of fused-ring (bicyclic) bond motifs is 1. The fourth-order valence-corrected chi connectivity index (χ4v) is 4.19. The molecule has 0 unspecified atom stereocenters. The molecule has 1 aliphatic rings. The first-order valence-electron chi connectivity index (χ1n) is 12.2. The lowest BCUT2D eigenvalue weighted by molar-refractivity contribution is -0.142. The molecule has 0 bridgehead atoms. The van der Waals surface area contributed by atoms with Crippen LogP contribution in [0.1, 0.15) is 19.7 Å². The van der Waals surface area contributed by atoms with E-state index >= 15 is 0 Å². The number of carbonyl (C=O) groups is 2. The number of hydrogen-bond donors (Lipinski definition) is 1. The van der Waals surface area contributed by atoms with Gasteiger partial charge in [0.25, 0.3) is 5.91 Å². The smallest absolute Gasteiger partial charge is 0.328 e. The monoisotopic (exact) mass is 491 g/mol. The molecule has 1 N–H and O–H groups in total. The van der Waals surface area contributed by atoms with E-state index in [0.717, 1.165) is 10.9 Å². The Bertz CT molecular complexity index is 1180. The van der Waals surface area contributed by atoms with Crippen LogP contribution < -0.4 is 10.1 Å². The molecule has 190 valence electrons. The van der Waals surface area contributed by atoms with E-state index in [4.69, 9.17) is 19.4 Å². The van der Waals surface area contributed by atoms with Crippen molar-refractivity contribution in [2.75, 3.05) is 45.2 Å². The number of piperazine rings is 1. The third kappa shape index (κ3) is 6.28. The van der Waals surface area contributed by atoms with E-state index in [1.54, 1.807) is 0 Å². The number of nitrogens with zero attached hydrogens (tertiary/aromatic N) is 4. The summed E-state index contributed by atoms with van der Waals surface area (Å²) in [6, 6.07) is 16.6. The predicted molar refractivity (Wildman–Crippen MR) is 138 cm³/mol. The zero-order valence-corrected chi connectivity index (χ0v) is 21.0. The Hall–Kier alpha value is -3.72. The van der Waals surface area contributed by atoms with E-state index < -0.39 is 6.04 Å². The molecule has 0 saturated carbocycles. The molecule has 9 nitrogen and oxygen atoms in total. The minimum absolute atomic E-state index is 0.0190. The summed E-state index contributed by atoms with van der Waals surface area (Å²) in [7, 11) is 1.39. The molecule has 2 aromatic carbocycles. The van der Waals surface area contributed by atoms with E-state index in [1.165, 1.54) is 7.11 Å². The van der Waals surface area contributed by atoms with Crippen molar-refractivity contribution in [1.82, 2.24) is 19.8 Å². The van der Waals surface area contributed by atoms with Gasteiger partial charge in [0.2, 0.25) is 0 Å². The number of methoxy groups -OCH3 is 1. The van der Waals surface area contributed by atoms with Crippen LogP contribution >= 0.6 is 0 Å². The Labute approximate surface area is 211 Å². The highest BCUT2D eigenvalue weighted by molar-refractivity contribution is 5.91. The molecule has 9 heteroatoms. The normalized spacial score (nSPS) is 15.1. The van der Waals surface area contributed by atoms with Gasteiger partial charge in [-0.3, -0.25) is 9.69 Å². The van der Waals surface area contributed by atoms with E-state index in [1.807, 2.05) is 73.3 Å². The number of carbonyl (C=O) groups excluding carboxylic acids is 2. The number of benzene rings is 2. The zero-order valence-electron chi connectivity index (χ0n) is 21.0. The van der Waals surface area contributed by atoms with Gasteiger partial charge in [0.05, 0.1) is 19.2 Å². The van der Waals surface area contributed by atoms with Gasteiger partial charge in [-0.15, -0.1) is 0 Å². The fraction of sp³-hybridized carbons (Fsp3) is 0.407. The molecule has 1 atom stereocenters. The Kier molecular flexibility index (Phi) is 8.32. The van der Waals surface area contributed by atoms with Crippen molar-refractivity contribution in [1.29, 1.82) is 0 Å². The maximum atomic E-state index is 12.6. The summed E-state index contributed by atoms with van der Waals surface area (Å²) in [6.45, 7) is 7.17. The van der Waals surface area contributed by atoms with E-state index in [2.05, 4.69) is 10.2 Å². The average Bonchev–Trinajstić information content (AvgIpc) is 2.90. The molecule has 36 heavy (non-hydrogen) atoms. The van der Waals surface area contributed by atoms with Gasteiger partial charge >= 0.3 is 5.97 Å². The second-order valence-corrected chi connectivity index (χ2v) is 9.15. The maximum absolute atomic E-state index is 12.6. The lowest BCUT2D eigenvalue weighted by Crippen LogP contribution is -2.49. The number of nitrogens with one attached hydrogen (secondary N) is 1. The van der Waals surface area contributed by atoms with Crippen LogP contribution in [-0.2, 0) is 20.9 Å². The standard InChI is InChI=1S/C27H33N5O4/c1-19(2)25(27(34)35-3)30-26-21-11-7-8-12-22(21)28-23(29-26)17-31-13-15-32(16-14-31)24(33)18-36-20-9-5-4-6-10-20/h4-12,19,25H,13-18H2,1-3H3,(H,28,29,30)/t25-/m0/s1. The molecule has 1 aromatic heterocycles. The third-order valence-corrected chi connectivity index (χ3v) is 6.26. The molecular weight excluding hydrogens is 458 g/mol. The van der Waals surface area contributed by atoms with Crippen LogP contribution in [0.4, 0.5) is 5.82 Å². The number of anilines is 1. The molecule has 4 rings (SSSR count). The Morgan fingerprint density at radius 3 is 2.36 bits per heavy atom. The van der Waals surface area contributed by atoms with Crippen molar-refractivity contribution >= 4 is 28.6 Å². The summed E-state index contributed by atoms with van der Waals surface area (Å²) in [4.78, 5) is 38.5. The van der Waals surface area contributed by atoms with Crippen molar-refractivity contribution < 1.29 is 19.1 Å². The van der Waals surface area contributed by atoms with Gasteiger partial charge in [-0.2, -0.15) is 0 Å². The zero-order chi connectivity index (χ0) is 25.5. The quantitative estimate of drug-likeness (QED) is 0.457. The molecular formula is C27H33N5O4. The lowest BCUT2D eigenvalue weighted by Gasteiger charge is -2.34. The number of ether oxygens (including phenoxy) is 2. The number of para-hydroxylation sites is 2. The molecule has 3 aromatic rings. The Balaban J connectivity index is 1.40. The van der Waals surface area contributed by atoms with Crippen molar-refractivity contribution in [2.45, 2.75) is 26.4 Å². The SMILES string of the molecule is COC(=O)[C@@H](Nc1nc(CN2CCN(C(=O)COc3ccccc3)CC2)nc2ccccc12)C(C)C. The number of hydrogen-bond acceptors (Lipinski definition) is 8.